The van der Waals surface area contributed by atoms with Crippen molar-refractivity contribution < 1.29 is 19.8 Å². The number of hydrogen-bond acceptors (Lipinski definition) is 7. The fourth-order valence-electron chi connectivity index (χ4n) is 5.89. The second kappa shape index (κ2) is 9.53. The van der Waals surface area contributed by atoms with E-state index < -0.39 is 11.5 Å². The van der Waals surface area contributed by atoms with Crippen LogP contribution in [-0.2, 0) is 11.2 Å². The van der Waals surface area contributed by atoms with Gasteiger partial charge in [-0.25, -0.2) is 4.98 Å². The van der Waals surface area contributed by atoms with E-state index in [1.54, 1.807) is 24.1 Å². The molecule has 2 heterocycles. The summed E-state index contributed by atoms with van der Waals surface area (Å²) in [4.78, 5) is 33.9. The van der Waals surface area contributed by atoms with Crippen molar-refractivity contribution in [2.75, 3.05) is 25.5 Å². The molecule has 0 spiro atoms. The van der Waals surface area contributed by atoms with Crippen molar-refractivity contribution >= 4 is 39.6 Å². The summed E-state index contributed by atoms with van der Waals surface area (Å²) >= 11 is 2.81. The predicted molar refractivity (Wildman–Crippen MR) is 135 cm³/mol. The molecule has 7 nitrogen and oxygen atoms in total. The Morgan fingerprint density at radius 1 is 1.41 bits per heavy atom. The number of nitrogens with zero attached hydrogens (tertiary/aromatic N) is 2. The Balaban J connectivity index is 1.73. The Morgan fingerprint density at radius 2 is 2.18 bits per heavy atom. The van der Waals surface area contributed by atoms with Gasteiger partial charge in [0.15, 0.2) is 5.13 Å². The maximum atomic E-state index is 13.1. The van der Waals surface area contributed by atoms with Crippen LogP contribution in [0.1, 0.15) is 59.3 Å². The molecule has 2 aromatic heterocycles. The van der Waals surface area contributed by atoms with E-state index in [1.807, 2.05) is 18.4 Å². The normalized spacial score (nSPS) is 30.2. The Bertz CT molecular complexity index is 1070. The molecule has 2 amide bonds. The molecule has 2 aliphatic rings. The van der Waals surface area contributed by atoms with Gasteiger partial charge >= 0.3 is 0 Å². The van der Waals surface area contributed by atoms with Crippen molar-refractivity contribution in [2.24, 2.45) is 16.7 Å². The third-order valence-corrected chi connectivity index (χ3v) is 9.94. The lowest BCUT2D eigenvalue weighted by Crippen LogP contribution is -2.57. The van der Waals surface area contributed by atoms with Gasteiger partial charge in [-0.2, -0.15) is 0 Å². The van der Waals surface area contributed by atoms with Crippen molar-refractivity contribution in [1.29, 1.82) is 0 Å². The second-order valence-corrected chi connectivity index (χ2v) is 12.1. The summed E-state index contributed by atoms with van der Waals surface area (Å²) in [5, 5.41) is 26.5. The maximum absolute atomic E-state index is 13.1. The number of thiazole rings is 1. The third kappa shape index (κ3) is 4.23. The minimum Gasteiger partial charge on any atom is -0.396 e. The van der Waals surface area contributed by atoms with E-state index in [4.69, 9.17) is 4.98 Å². The van der Waals surface area contributed by atoms with Gasteiger partial charge in [0, 0.05) is 36.2 Å². The topological polar surface area (TPSA) is 103 Å². The number of anilines is 1. The minimum atomic E-state index is -0.677. The van der Waals surface area contributed by atoms with Crippen LogP contribution in [0.2, 0.25) is 0 Å². The first-order valence-electron chi connectivity index (χ1n) is 11.6. The van der Waals surface area contributed by atoms with Crippen molar-refractivity contribution in [3.8, 4) is 0 Å². The van der Waals surface area contributed by atoms with E-state index in [1.165, 1.54) is 22.7 Å². The molecule has 34 heavy (non-hydrogen) atoms. The average molecular weight is 504 g/mol. The van der Waals surface area contributed by atoms with Crippen molar-refractivity contribution in [2.45, 2.75) is 51.6 Å². The first kappa shape index (κ1) is 25.0. The number of amides is 2. The summed E-state index contributed by atoms with van der Waals surface area (Å²) in [6.07, 6.45) is 3.34. The van der Waals surface area contributed by atoms with Crippen molar-refractivity contribution in [3.05, 3.63) is 45.6 Å². The fourth-order valence-corrected chi connectivity index (χ4v) is 7.57. The van der Waals surface area contributed by atoms with Crippen LogP contribution in [0.15, 0.2) is 30.2 Å². The molecule has 3 N–H and O–H groups in total. The summed E-state index contributed by atoms with van der Waals surface area (Å²) in [6.45, 7) is 8.20. The summed E-state index contributed by atoms with van der Waals surface area (Å²) in [5.41, 5.74) is -0.136. The number of thiophene rings is 1. The highest BCUT2D eigenvalue weighted by Crippen LogP contribution is 2.62. The van der Waals surface area contributed by atoms with Gasteiger partial charge in [-0.3, -0.25) is 14.9 Å². The number of carbonyl (C=O) groups excluding carboxylic acids is 2. The highest BCUT2D eigenvalue weighted by atomic mass is 32.1. The Morgan fingerprint density at radius 3 is 2.82 bits per heavy atom. The van der Waals surface area contributed by atoms with E-state index in [0.29, 0.717) is 29.4 Å². The fraction of sp³-hybridized carbons (Fsp3) is 0.560. The molecule has 0 saturated heterocycles. The largest absolute Gasteiger partial charge is 0.396 e. The zero-order valence-corrected chi connectivity index (χ0v) is 21.5. The number of carbonyl (C=O) groups is 2. The molecule has 2 aliphatic carbocycles. The van der Waals surface area contributed by atoms with Crippen LogP contribution in [0.25, 0.3) is 0 Å². The van der Waals surface area contributed by atoms with Crippen LogP contribution in [0.3, 0.4) is 0 Å². The summed E-state index contributed by atoms with van der Waals surface area (Å²) < 4.78 is 0. The molecule has 5 atom stereocenters. The molecule has 0 aromatic carbocycles. The van der Waals surface area contributed by atoms with Crippen molar-refractivity contribution in [3.63, 3.8) is 0 Å². The maximum Gasteiger partial charge on any atom is 0.267 e. The van der Waals surface area contributed by atoms with Gasteiger partial charge < -0.3 is 15.1 Å². The monoisotopic (exact) mass is 503 g/mol. The lowest BCUT2D eigenvalue weighted by Gasteiger charge is -2.58. The molecule has 5 unspecified atom stereocenters. The smallest absolute Gasteiger partial charge is 0.267 e. The highest BCUT2D eigenvalue weighted by Gasteiger charge is 2.59. The Hall–Kier alpha value is -2.07. The standard InChI is InChI=1S/C25H33N3O4S2/c1-5-10-28(4)20(31)12-15-21-17(34-23(26-21)27-22(32)16-7-6-11-33-16)13-18-24(15,2)9-8-19(30)25(18,3)14-29/h5-7,11,15,18-19,29-30H,1,8-10,12-14H2,2-4H3,(H,26,27,32). The third-order valence-electron chi connectivity index (χ3n) is 8.07. The number of fused-ring (bicyclic) bond motifs is 2. The molecule has 1 fully saturated rings. The molecule has 0 radical (unpaired) electrons. The highest BCUT2D eigenvalue weighted by molar-refractivity contribution is 7.16. The van der Waals surface area contributed by atoms with E-state index in [2.05, 4.69) is 18.8 Å². The Kier molecular flexibility index (Phi) is 7.01. The zero-order valence-electron chi connectivity index (χ0n) is 19.9. The molecule has 2 aromatic rings. The van der Waals surface area contributed by atoms with E-state index in [-0.39, 0.29) is 42.1 Å². The molecule has 9 heteroatoms. The summed E-state index contributed by atoms with van der Waals surface area (Å²) in [6, 6.07) is 3.61. The molecule has 1 saturated carbocycles. The summed E-state index contributed by atoms with van der Waals surface area (Å²) in [7, 11) is 1.77. The SMILES string of the molecule is C=CCN(C)C(=O)CC1c2nc(NC(=O)c3cccs3)sc2CC2C(C)(CO)C(O)CCC12C. The van der Waals surface area contributed by atoms with Gasteiger partial charge in [0.2, 0.25) is 5.91 Å². The van der Waals surface area contributed by atoms with E-state index in [9.17, 15) is 19.8 Å². The molecule has 0 bridgehead atoms. The Labute approximate surface area is 208 Å². The van der Waals surface area contributed by atoms with Gasteiger partial charge in [-0.15, -0.1) is 29.3 Å². The van der Waals surface area contributed by atoms with Gasteiger partial charge in [-0.1, -0.05) is 26.0 Å². The number of rotatable bonds is 7. The molecular formula is C25H33N3O4S2. The van der Waals surface area contributed by atoms with Gasteiger partial charge in [-0.05, 0) is 42.0 Å². The van der Waals surface area contributed by atoms with Crippen LogP contribution in [0.5, 0.6) is 0 Å². The van der Waals surface area contributed by atoms with Gasteiger partial charge in [0.25, 0.3) is 5.91 Å². The van der Waals surface area contributed by atoms with E-state index in [0.717, 1.165) is 17.0 Å². The average Bonchev–Trinajstić information content (AvgIpc) is 3.48. The number of aliphatic hydroxyl groups excluding tert-OH is 2. The van der Waals surface area contributed by atoms with Gasteiger partial charge in [0.05, 0.1) is 23.3 Å². The van der Waals surface area contributed by atoms with Crippen molar-refractivity contribution in [1.82, 2.24) is 9.88 Å². The molecular weight excluding hydrogens is 470 g/mol. The lowest BCUT2D eigenvalue weighted by molar-refractivity contribution is -0.146. The van der Waals surface area contributed by atoms with Crippen LogP contribution >= 0.6 is 22.7 Å². The lowest BCUT2D eigenvalue weighted by atomic mass is 9.47. The number of aromatic nitrogens is 1. The molecule has 0 aliphatic heterocycles. The number of aliphatic hydroxyl groups is 2. The van der Waals surface area contributed by atoms with Crippen LogP contribution in [-0.4, -0.2) is 58.2 Å². The molecule has 184 valence electrons. The van der Waals surface area contributed by atoms with Crippen LogP contribution < -0.4 is 5.32 Å². The number of nitrogens with one attached hydrogen (secondary N) is 1. The quantitative estimate of drug-likeness (QED) is 0.497. The van der Waals surface area contributed by atoms with Crippen LogP contribution in [0.4, 0.5) is 5.13 Å². The number of likely N-dealkylation sites (N-methyl/N-ethyl adjacent to an activating group) is 1. The van der Waals surface area contributed by atoms with Gasteiger partial charge in [0.1, 0.15) is 0 Å². The molecule has 4 rings (SSSR count). The first-order valence-corrected chi connectivity index (χ1v) is 13.3. The van der Waals surface area contributed by atoms with Crippen LogP contribution in [0, 0.1) is 16.7 Å². The second-order valence-electron chi connectivity index (χ2n) is 10.1. The minimum absolute atomic E-state index is 0.00622. The predicted octanol–water partition coefficient (Wildman–Crippen LogP) is 3.91. The van der Waals surface area contributed by atoms with E-state index >= 15 is 0 Å². The first-order chi connectivity index (χ1) is 16.1. The zero-order chi connectivity index (χ0) is 24.7. The summed E-state index contributed by atoms with van der Waals surface area (Å²) in [5.74, 6) is -0.390. The number of hydrogen-bond donors (Lipinski definition) is 3.